The molecule has 0 unspecified atom stereocenters. The molecule has 0 aromatic carbocycles. The van der Waals surface area contributed by atoms with Crippen molar-refractivity contribution >= 4 is 34.0 Å². The SMILES string of the molecule is C=CC(=O)N1CCC[C@H](Nc2cc(CN3CCOCC3)cc(Nc3ncc(-c4nnn(-c5cnn(C)c5)n4)s3)n2)C1. The Morgan fingerprint density at radius 1 is 1.22 bits per heavy atom. The van der Waals surface area contributed by atoms with E-state index in [1.54, 1.807) is 17.1 Å². The number of carbonyl (C=O) groups excluding carboxylic acids is 1. The van der Waals surface area contributed by atoms with Gasteiger partial charge in [0.1, 0.15) is 17.3 Å². The molecule has 2 N–H and O–H groups in total. The highest BCUT2D eigenvalue weighted by atomic mass is 32.1. The number of nitrogens with zero attached hydrogens (tertiary/aromatic N) is 10. The summed E-state index contributed by atoms with van der Waals surface area (Å²) < 4.78 is 7.21. The number of amides is 1. The summed E-state index contributed by atoms with van der Waals surface area (Å²) in [6.45, 7) is 9.02. The Bertz CT molecular complexity index is 1510. The number of carbonyl (C=O) groups is 1. The van der Waals surface area contributed by atoms with Gasteiger partial charge in [-0.2, -0.15) is 5.10 Å². The van der Waals surface area contributed by atoms with Crippen molar-refractivity contribution in [3.8, 4) is 16.4 Å². The lowest BCUT2D eigenvalue weighted by molar-refractivity contribution is -0.127. The quantitative estimate of drug-likeness (QED) is 0.283. The first-order valence-electron chi connectivity index (χ1n) is 13.5. The minimum Gasteiger partial charge on any atom is -0.379 e. The first kappa shape index (κ1) is 27.0. The molecule has 2 fully saturated rings. The Morgan fingerprint density at radius 3 is 2.88 bits per heavy atom. The molecule has 15 heteroatoms. The van der Waals surface area contributed by atoms with Gasteiger partial charge in [0.25, 0.3) is 0 Å². The van der Waals surface area contributed by atoms with E-state index in [4.69, 9.17) is 9.72 Å². The lowest BCUT2D eigenvalue weighted by Gasteiger charge is -2.33. The Morgan fingerprint density at radius 2 is 2.07 bits per heavy atom. The average molecular weight is 577 g/mol. The topological polar surface area (TPSA) is 144 Å². The van der Waals surface area contributed by atoms with Crippen LogP contribution in [-0.2, 0) is 23.1 Å². The van der Waals surface area contributed by atoms with E-state index >= 15 is 0 Å². The van der Waals surface area contributed by atoms with Crippen LogP contribution < -0.4 is 10.6 Å². The van der Waals surface area contributed by atoms with E-state index in [0.717, 1.165) is 74.2 Å². The van der Waals surface area contributed by atoms with Crippen molar-refractivity contribution in [1.29, 1.82) is 0 Å². The largest absolute Gasteiger partial charge is 0.379 e. The molecule has 41 heavy (non-hydrogen) atoms. The summed E-state index contributed by atoms with van der Waals surface area (Å²) in [5.41, 5.74) is 1.85. The number of ether oxygens (including phenoxy) is 1. The van der Waals surface area contributed by atoms with Crippen molar-refractivity contribution in [2.45, 2.75) is 25.4 Å². The molecule has 1 amide bonds. The highest BCUT2D eigenvalue weighted by Gasteiger charge is 2.23. The third kappa shape index (κ3) is 6.58. The van der Waals surface area contributed by atoms with Crippen molar-refractivity contribution in [1.82, 2.24) is 49.8 Å². The van der Waals surface area contributed by atoms with E-state index < -0.39 is 0 Å². The number of likely N-dealkylation sites (tertiary alicyclic amines) is 1. The van der Waals surface area contributed by atoms with E-state index in [9.17, 15) is 4.79 Å². The molecule has 0 saturated carbocycles. The number of tetrazole rings is 1. The zero-order valence-corrected chi connectivity index (χ0v) is 23.6. The number of piperidine rings is 1. The van der Waals surface area contributed by atoms with Crippen LogP contribution in [0.2, 0.25) is 0 Å². The first-order chi connectivity index (χ1) is 20.0. The van der Waals surface area contributed by atoms with Crippen LogP contribution in [-0.4, -0.2) is 101 Å². The fraction of sp³-hybridized carbons (Fsp3) is 0.423. The highest BCUT2D eigenvalue weighted by Crippen LogP contribution is 2.29. The normalized spacial score (nSPS) is 17.9. The van der Waals surface area contributed by atoms with Gasteiger partial charge in [0, 0.05) is 45.8 Å². The van der Waals surface area contributed by atoms with Crippen LogP contribution >= 0.6 is 11.3 Å². The number of thiazole rings is 1. The van der Waals surface area contributed by atoms with E-state index in [0.29, 0.717) is 23.3 Å². The molecular formula is C26H32N12O2S. The van der Waals surface area contributed by atoms with E-state index in [2.05, 4.69) is 53.7 Å². The second-order valence-corrected chi connectivity index (χ2v) is 11.1. The van der Waals surface area contributed by atoms with Gasteiger partial charge in [0.2, 0.25) is 11.7 Å². The summed E-state index contributed by atoms with van der Waals surface area (Å²) in [6.07, 6.45) is 8.48. The second-order valence-electron chi connectivity index (χ2n) is 10.0. The second kappa shape index (κ2) is 12.1. The van der Waals surface area contributed by atoms with Crippen molar-refractivity contribution in [3.63, 3.8) is 0 Å². The predicted molar refractivity (Wildman–Crippen MR) is 154 cm³/mol. The number of aryl methyl sites for hydroxylation is 1. The van der Waals surface area contributed by atoms with Gasteiger partial charge in [-0.15, -0.1) is 15.0 Å². The molecule has 0 aliphatic carbocycles. The molecule has 214 valence electrons. The van der Waals surface area contributed by atoms with Gasteiger partial charge in [0.15, 0.2) is 5.13 Å². The number of hydrogen-bond donors (Lipinski definition) is 2. The van der Waals surface area contributed by atoms with Gasteiger partial charge in [0.05, 0.1) is 36.7 Å². The summed E-state index contributed by atoms with van der Waals surface area (Å²) in [4.78, 5) is 28.0. The third-order valence-corrected chi connectivity index (χ3v) is 7.86. The van der Waals surface area contributed by atoms with Gasteiger partial charge in [-0.05, 0) is 41.8 Å². The number of hydrogen-bond acceptors (Lipinski definition) is 12. The van der Waals surface area contributed by atoms with Crippen molar-refractivity contribution < 1.29 is 9.53 Å². The van der Waals surface area contributed by atoms with Crippen LogP contribution in [0.5, 0.6) is 0 Å². The lowest BCUT2D eigenvalue weighted by atomic mass is 10.1. The molecule has 14 nitrogen and oxygen atoms in total. The van der Waals surface area contributed by atoms with E-state index in [-0.39, 0.29) is 11.9 Å². The van der Waals surface area contributed by atoms with Crippen LogP contribution in [0.15, 0.2) is 43.4 Å². The summed E-state index contributed by atoms with van der Waals surface area (Å²) in [5.74, 6) is 1.88. The van der Waals surface area contributed by atoms with Gasteiger partial charge in [-0.3, -0.25) is 14.4 Å². The van der Waals surface area contributed by atoms with Crippen LogP contribution in [0.25, 0.3) is 16.4 Å². The monoisotopic (exact) mass is 576 g/mol. The van der Waals surface area contributed by atoms with Gasteiger partial charge < -0.3 is 20.3 Å². The number of rotatable bonds is 9. The maximum absolute atomic E-state index is 12.2. The van der Waals surface area contributed by atoms with Crippen LogP contribution in [0.4, 0.5) is 16.8 Å². The molecule has 2 saturated heterocycles. The van der Waals surface area contributed by atoms with Crippen LogP contribution in [0.3, 0.4) is 0 Å². The number of aromatic nitrogens is 8. The van der Waals surface area contributed by atoms with E-state index in [1.165, 1.54) is 22.2 Å². The summed E-state index contributed by atoms with van der Waals surface area (Å²) >= 11 is 1.42. The molecule has 2 aliphatic rings. The average Bonchev–Trinajstić information content (AvgIpc) is 3.74. The summed E-state index contributed by atoms with van der Waals surface area (Å²) in [7, 11) is 1.83. The highest BCUT2D eigenvalue weighted by molar-refractivity contribution is 7.18. The maximum Gasteiger partial charge on any atom is 0.246 e. The molecular weight excluding hydrogens is 544 g/mol. The van der Waals surface area contributed by atoms with Crippen LogP contribution in [0.1, 0.15) is 18.4 Å². The van der Waals surface area contributed by atoms with Gasteiger partial charge >= 0.3 is 0 Å². The van der Waals surface area contributed by atoms with Crippen LogP contribution in [0, 0.1) is 0 Å². The molecule has 6 heterocycles. The maximum atomic E-state index is 12.2. The number of anilines is 3. The Kier molecular flexibility index (Phi) is 7.98. The molecule has 0 spiro atoms. The standard InChI is InChI=1S/C26H32N12O2S/c1-3-24(39)37-6-4-5-19(16-37)29-22-11-18(15-36-7-9-40-10-8-36)12-23(30-22)31-26-27-14-21(41-26)25-32-34-38(33-25)20-13-28-35(2)17-20/h3,11-14,17,19H,1,4-10,15-16H2,2H3,(H2,27,29,30,31)/t19-/m0/s1. The molecule has 4 aromatic heterocycles. The summed E-state index contributed by atoms with van der Waals surface area (Å²) in [6, 6.07) is 4.24. The molecule has 2 aliphatic heterocycles. The molecule has 0 radical (unpaired) electrons. The zero-order chi connectivity index (χ0) is 28.2. The third-order valence-electron chi connectivity index (χ3n) is 6.95. The lowest BCUT2D eigenvalue weighted by Crippen LogP contribution is -2.44. The smallest absolute Gasteiger partial charge is 0.246 e. The Hall–Kier alpha value is -4.21. The van der Waals surface area contributed by atoms with Gasteiger partial charge in [-0.25, -0.2) is 9.97 Å². The molecule has 6 rings (SSSR count). The zero-order valence-electron chi connectivity index (χ0n) is 22.8. The Balaban J connectivity index is 1.20. The predicted octanol–water partition coefficient (Wildman–Crippen LogP) is 2.08. The van der Waals surface area contributed by atoms with Crippen molar-refractivity contribution in [2.24, 2.45) is 7.05 Å². The molecule has 1 atom stereocenters. The van der Waals surface area contributed by atoms with E-state index in [1.807, 2.05) is 24.2 Å². The number of nitrogens with one attached hydrogen (secondary N) is 2. The number of pyridine rings is 1. The van der Waals surface area contributed by atoms with Gasteiger partial charge in [-0.1, -0.05) is 17.9 Å². The van der Waals surface area contributed by atoms with Crippen molar-refractivity contribution in [2.75, 3.05) is 50.0 Å². The van der Waals surface area contributed by atoms with Crippen molar-refractivity contribution in [3.05, 3.63) is 48.9 Å². The Labute approximate surface area is 241 Å². The molecule has 0 bridgehead atoms. The first-order valence-corrected chi connectivity index (χ1v) is 14.4. The minimum atomic E-state index is -0.0394. The fourth-order valence-electron chi connectivity index (χ4n) is 4.95. The minimum absolute atomic E-state index is 0.0394. The number of morpholine rings is 1. The fourth-order valence-corrected chi connectivity index (χ4v) is 5.69. The summed E-state index contributed by atoms with van der Waals surface area (Å²) in [5, 5.41) is 24.6. The molecule has 4 aromatic rings.